The zero-order valence-corrected chi connectivity index (χ0v) is 44.0. The summed E-state index contributed by atoms with van der Waals surface area (Å²) in [6.45, 7) is 16.6. The average Bonchev–Trinajstić information content (AvgIpc) is 3.84. The van der Waals surface area contributed by atoms with Gasteiger partial charge in [0, 0.05) is 68.8 Å². The second kappa shape index (κ2) is 27.0. The van der Waals surface area contributed by atoms with Crippen molar-refractivity contribution >= 4 is 19.8 Å². The summed E-state index contributed by atoms with van der Waals surface area (Å²) in [5.41, 5.74) is 1.87. The number of carbonyl (C=O) groups is 1. The zero-order valence-electron chi connectivity index (χ0n) is 43.1. The van der Waals surface area contributed by atoms with Gasteiger partial charge in [0.1, 0.15) is 30.3 Å². The molecule has 2 saturated heterocycles. The van der Waals surface area contributed by atoms with Crippen molar-refractivity contribution in [2.45, 2.75) is 161 Å². The number of amides is 1. The Labute approximate surface area is 414 Å². The van der Waals surface area contributed by atoms with Gasteiger partial charge in [0.2, 0.25) is 0 Å². The van der Waals surface area contributed by atoms with Crippen molar-refractivity contribution in [2.24, 2.45) is 23.2 Å². The number of allylic oxidation sites excluding steroid dienone is 7. The van der Waals surface area contributed by atoms with E-state index in [4.69, 9.17) is 33.2 Å². The number of oxazole rings is 1. The number of likely N-dealkylation sites (N-methyl/N-ethyl adjacent to an activating group) is 1. The van der Waals surface area contributed by atoms with Gasteiger partial charge in [-0.2, -0.15) is 5.26 Å². The lowest BCUT2D eigenvalue weighted by Gasteiger charge is -2.50. The van der Waals surface area contributed by atoms with Crippen LogP contribution in [0.2, 0.25) is 0 Å². The van der Waals surface area contributed by atoms with Gasteiger partial charge in [0.05, 0.1) is 49.2 Å². The normalized spacial score (nSPS) is 27.6. The van der Waals surface area contributed by atoms with Crippen LogP contribution in [-0.2, 0) is 32.8 Å². The van der Waals surface area contributed by atoms with Crippen molar-refractivity contribution in [3.8, 4) is 6.07 Å². The van der Waals surface area contributed by atoms with Crippen LogP contribution in [0.3, 0.4) is 0 Å². The number of nitriles is 1. The van der Waals surface area contributed by atoms with Crippen LogP contribution in [0.25, 0.3) is 6.08 Å². The van der Waals surface area contributed by atoms with Crippen LogP contribution < -0.4 is 5.32 Å². The molecule has 20 heteroatoms. The van der Waals surface area contributed by atoms with Crippen LogP contribution >= 0.6 is 7.82 Å². The summed E-state index contributed by atoms with van der Waals surface area (Å²) in [6.07, 6.45) is 4.10. The Morgan fingerprint density at radius 2 is 1.76 bits per heavy atom. The van der Waals surface area contributed by atoms with Gasteiger partial charge in [0.25, 0.3) is 5.91 Å². The van der Waals surface area contributed by atoms with E-state index in [-0.39, 0.29) is 44.2 Å². The molecule has 0 saturated carbocycles. The molecule has 0 aliphatic carbocycles. The first-order valence-electron chi connectivity index (χ1n) is 23.8. The predicted molar refractivity (Wildman–Crippen MR) is 262 cm³/mol. The van der Waals surface area contributed by atoms with Crippen LogP contribution in [0, 0.1) is 34.5 Å². The summed E-state index contributed by atoms with van der Waals surface area (Å²) >= 11 is 0. The number of carbonyl (C=O) groups excluding carboxylic acids is 1. The maximum absolute atomic E-state index is 12.6. The number of hydrogen-bond donors (Lipinski definition) is 8. The molecular weight excluding hydrogens is 928 g/mol. The smallest absolute Gasteiger partial charge is 0.448 e. The van der Waals surface area contributed by atoms with Gasteiger partial charge in [-0.3, -0.25) is 9.32 Å². The van der Waals surface area contributed by atoms with Crippen LogP contribution in [0.5, 0.6) is 0 Å². The molecule has 0 radical (unpaired) electrons. The molecular formula is C50H81N4O15P. The number of aliphatic hydroxyl groups excluding tert-OH is 5. The fraction of sp³-hybridized carbons (Fsp3) is 0.700. The predicted octanol–water partition coefficient (Wildman–Crippen LogP) is 4.69. The van der Waals surface area contributed by atoms with E-state index >= 15 is 0 Å². The van der Waals surface area contributed by atoms with Gasteiger partial charge in [-0.05, 0) is 64.9 Å². The molecule has 396 valence electrons. The van der Waals surface area contributed by atoms with E-state index < -0.39 is 97.7 Å². The first kappa shape index (κ1) is 60.9. The third-order valence-electron chi connectivity index (χ3n) is 14.0. The summed E-state index contributed by atoms with van der Waals surface area (Å²) in [5.74, 6) is -3.63. The fourth-order valence-corrected chi connectivity index (χ4v) is 9.64. The van der Waals surface area contributed by atoms with Crippen molar-refractivity contribution in [2.75, 3.05) is 41.5 Å². The number of aliphatic hydroxyl groups is 5. The average molecular weight is 1010 g/mol. The third-order valence-corrected chi connectivity index (χ3v) is 14.5. The summed E-state index contributed by atoms with van der Waals surface area (Å²) in [6, 6.07) is 1.40. The maximum Gasteiger partial charge on any atom is 0.469 e. The molecule has 2 aliphatic rings. The van der Waals surface area contributed by atoms with E-state index in [1.165, 1.54) is 26.6 Å². The molecule has 2 fully saturated rings. The van der Waals surface area contributed by atoms with Crippen molar-refractivity contribution in [3.63, 3.8) is 0 Å². The number of phosphoric acid groups is 1. The molecule has 0 unspecified atom stereocenters. The van der Waals surface area contributed by atoms with E-state index in [1.807, 2.05) is 78.0 Å². The Bertz CT molecular complexity index is 2080. The SMILES string of the molecule is COC[C@@H]([C@H](O)[C@H](O)C(=O)NCC[C@H](C)c1nc(/C=C/C[C@@H]2O[C@]3(C[C@@H](O)[C@@H]2C)O[C@H]([C@H](C[C@H](O)[C@H](C)[C@H](O)[C@H](C)/C=C(C)/C(C)=C/C=C/C(C)=CC#N)OC)[C@H](OP(=O)(O)O)C3(C)C)co1)N(C)C. The molecule has 1 aromatic rings. The second-order valence-corrected chi connectivity index (χ2v) is 21.1. The fourth-order valence-electron chi connectivity index (χ4n) is 8.96. The second-order valence-electron chi connectivity index (χ2n) is 19.9. The van der Waals surface area contributed by atoms with Crippen LogP contribution in [0.4, 0.5) is 0 Å². The van der Waals surface area contributed by atoms with Gasteiger partial charge in [-0.15, -0.1) is 0 Å². The number of nitrogens with zero attached hydrogens (tertiary/aromatic N) is 3. The van der Waals surface area contributed by atoms with E-state index in [2.05, 4.69) is 10.3 Å². The molecule has 3 heterocycles. The molecule has 15 atom stereocenters. The summed E-state index contributed by atoms with van der Waals surface area (Å²) in [4.78, 5) is 39.2. The molecule has 2 aliphatic heterocycles. The number of ether oxygens (including phenoxy) is 4. The summed E-state index contributed by atoms with van der Waals surface area (Å²) < 4.78 is 48.2. The van der Waals surface area contributed by atoms with E-state index in [9.17, 15) is 44.7 Å². The Kier molecular flexibility index (Phi) is 23.5. The first-order chi connectivity index (χ1) is 32.6. The summed E-state index contributed by atoms with van der Waals surface area (Å²) in [7, 11) is 1.12. The number of methoxy groups -OCH3 is 2. The largest absolute Gasteiger partial charge is 0.469 e. The van der Waals surface area contributed by atoms with Crippen LogP contribution in [0.15, 0.2) is 63.9 Å². The highest BCUT2D eigenvalue weighted by Gasteiger charge is 2.68. The van der Waals surface area contributed by atoms with E-state index in [0.29, 0.717) is 18.0 Å². The lowest BCUT2D eigenvalue weighted by molar-refractivity contribution is -0.334. The first-order valence-corrected chi connectivity index (χ1v) is 25.4. The molecule has 19 nitrogen and oxygen atoms in total. The topological polar surface area (TPSA) is 287 Å². The van der Waals surface area contributed by atoms with E-state index in [1.54, 1.807) is 45.8 Å². The number of phosphoric ester groups is 1. The number of nitrogens with one attached hydrogen (secondary N) is 1. The Balaban J connectivity index is 1.74. The zero-order chi connectivity index (χ0) is 52.9. The van der Waals surface area contributed by atoms with Gasteiger partial charge >= 0.3 is 7.82 Å². The standard InChI is InChI=1S/C50H81N4O15P/c1-29(20-22-51)16-14-17-30(2)32(4)24-33(5)42(57)35(7)38(55)25-41(65-13)45-46(69-70(61,62)63)49(8,9)50(68-45)26-39(56)34(6)40(67-50)19-15-18-36-27-66-48(53-36)31(3)21-23-52-47(60)44(59)43(58)37(28-64-12)54(10)11/h14-18,20,24,27,31,33-35,37-46,55-59H,19,21,23,25-26,28H2,1-13H3,(H,52,60)(H2,61,62,63)/b16-14+,18-15+,29-20?,30-17+,32-24+/t31-,33+,34-,35-,37-,38-,39+,40-,41-,42+,43-,44-,45+,46-,50+/m0/s1. The van der Waals surface area contributed by atoms with Crippen molar-refractivity contribution in [3.05, 3.63) is 71.0 Å². The van der Waals surface area contributed by atoms with Gasteiger partial charge < -0.3 is 68.9 Å². The molecule has 1 spiro atoms. The minimum Gasteiger partial charge on any atom is -0.448 e. The maximum atomic E-state index is 12.6. The van der Waals surface area contributed by atoms with Crippen molar-refractivity contribution in [1.29, 1.82) is 5.26 Å². The van der Waals surface area contributed by atoms with Gasteiger partial charge in [-0.1, -0.05) is 77.5 Å². The summed E-state index contributed by atoms with van der Waals surface area (Å²) in [5, 5.41) is 67.1. The highest BCUT2D eigenvalue weighted by molar-refractivity contribution is 7.46. The van der Waals surface area contributed by atoms with Crippen LogP contribution in [0.1, 0.15) is 105 Å². The monoisotopic (exact) mass is 1010 g/mol. The Hall–Kier alpha value is -3.42. The third kappa shape index (κ3) is 16.3. The van der Waals surface area contributed by atoms with Gasteiger partial charge in [0.15, 0.2) is 17.8 Å². The number of hydrogen-bond acceptors (Lipinski definition) is 16. The highest BCUT2D eigenvalue weighted by Crippen LogP contribution is 2.59. The lowest BCUT2D eigenvalue weighted by atomic mass is 9.72. The molecule has 0 bridgehead atoms. The lowest BCUT2D eigenvalue weighted by Crippen LogP contribution is -2.58. The Morgan fingerprint density at radius 1 is 1.09 bits per heavy atom. The van der Waals surface area contributed by atoms with Crippen LogP contribution in [-0.4, -0.2) is 159 Å². The molecule has 70 heavy (non-hydrogen) atoms. The van der Waals surface area contributed by atoms with E-state index in [0.717, 1.165) is 16.7 Å². The Morgan fingerprint density at radius 3 is 2.36 bits per heavy atom. The minimum absolute atomic E-state index is 0.0645. The molecule has 3 rings (SSSR count). The minimum atomic E-state index is -5.15. The van der Waals surface area contributed by atoms with Crippen molar-refractivity contribution in [1.82, 2.24) is 15.2 Å². The van der Waals surface area contributed by atoms with Crippen molar-refractivity contribution < 1.29 is 72.6 Å². The van der Waals surface area contributed by atoms with Gasteiger partial charge in [-0.25, -0.2) is 9.55 Å². The number of rotatable bonds is 26. The quantitative estimate of drug-likeness (QED) is 0.0355. The molecule has 1 aromatic heterocycles. The molecule has 8 N–H and O–H groups in total. The molecule has 0 aromatic carbocycles. The molecule has 1 amide bonds. The number of aromatic nitrogens is 1. The highest BCUT2D eigenvalue weighted by atomic mass is 31.2.